The van der Waals surface area contributed by atoms with E-state index >= 15 is 0 Å². The van der Waals surface area contributed by atoms with Crippen LogP contribution in [0, 0.1) is 18.3 Å². The van der Waals surface area contributed by atoms with Gasteiger partial charge in [-0.1, -0.05) is 0 Å². The molecule has 0 saturated carbocycles. The summed E-state index contributed by atoms with van der Waals surface area (Å²) in [5, 5.41) is 19.7. The third-order valence-corrected chi connectivity index (χ3v) is 5.26. The average Bonchev–Trinajstić information content (AvgIpc) is 3.21. The molecule has 154 valence electrons. The lowest BCUT2D eigenvalue weighted by molar-refractivity contribution is 0.0996. The summed E-state index contributed by atoms with van der Waals surface area (Å²) < 4.78 is 31.6. The number of carbonyl (C=O) groups excluding carboxylic acids is 1. The first-order chi connectivity index (χ1) is 14.3. The molecule has 0 unspecified atom stereocenters. The lowest BCUT2D eigenvalue weighted by Gasteiger charge is -2.12. The fourth-order valence-corrected chi connectivity index (χ4v) is 3.85. The molecule has 0 bridgehead atoms. The maximum atomic E-state index is 13.1. The summed E-state index contributed by atoms with van der Waals surface area (Å²) in [6.07, 6.45) is -2.74. The van der Waals surface area contributed by atoms with Crippen LogP contribution in [-0.4, -0.2) is 33.4 Å². The number of rotatable bonds is 7. The highest BCUT2D eigenvalue weighted by molar-refractivity contribution is 7.98. The number of aromatic amines is 1. The zero-order valence-electron chi connectivity index (χ0n) is 15.9. The van der Waals surface area contributed by atoms with E-state index in [9.17, 15) is 18.8 Å². The molecular formula is C19H16F2N6O2S. The minimum absolute atomic E-state index is 0.00698. The number of aryl methyl sites for hydroxylation is 1. The first kappa shape index (κ1) is 21.2. The smallest absolute Gasteiger partial charge is 0.280 e. The number of methoxy groups -OCH3 is 1. The van der Waals surface area contributed by atoms with Crippen LogP contribution in [0.4, 0.5) is 8.78 Å². The summed E-state index contributed by atoms with van der Waals surface area (Å²) in [5.74, 6) is 0.0810. The van der Waals surface area contributed by atoms with Gasteiger partial charge in [-0.2, -0.15) is 20.7 Å². The predicted molar refractivity (Wildman–Crippen MR) is 105 cm³/mol. The highest BCUT2D eigenvalue weighted by Crippen LogP contribution is 2.34. The topological polar surface area (TPSA) is 131 Å². The largest absolute Gasteiger partial charge is 0.496 e. The van der Waals surface area contributed by atoms with E-state index in [4.69, 9.17) is 10.5 Å². The Kier molecular flexibility index (Phi) is 6.27. The molecule has 0 atom stereocenters. The second-order valence-corrected chi connectivity index (χ2v) is 7.12. The van der Waals surface area contributed by atoms with Crippen molar-refractivity contribution in [2.45, 2.75) is 24.1 Å². The second-order valence-electron chi connectivity index (χ2n) is 6.16. The van der Waals surface area contributed by atoms with Crippen LogP contribution < -0.4 is 10.5 Å². The molecule has 0 saturated heterocycles. The third-order valence-electron chi connectivity index (χ3n) is 4.24. The van der Waals surface area contributed by atoms with Crippen molar-refractivity contribution in [2.75, 3.05) is 7.11 Å². The minimum atomic E-state index is -2.74. The van der Waals surface area contributed by atoms with Gasteiger partial charge in [0.25, 0.3) is 12.3 Å². The maximum Gasteiger partial charge on any atom is 0.280 e. The Balaban J connectivity index is 1.97. The third kappa shape index (κ3) is 4.23. The SMILES string of the molecule is COc1ccc(-c2n[nH]nc2C(N)=O)cc1CSc1nc(C(F)F)cc(C)c1C#N. The number of nitrogens with two attached hydrogens (primary N) is 1. The number of H-pyrrole nitrogens is 1. The molecule has 1 amide bonds. The molecule has 1 aromatic carbocycles. The van der Waals surface area contributed by atoms with E-state index in [1.807, 2.05) is 6.07 Å². The van der Waals surface area contributed by atoms with Gasteiger partial charge in [-0.05, 0) is 36.8 Å². The number of ether oxygens (including phenoxy) is 1. The molecule has 0 radical (unpaired) electrons. The molecule has 11 heteroatoms. The highest BCUT2D eigenvalue weighted by atomic mass is 32.2. The van der Waals surface area contributed by atoms with Crippen LogP contribution in [0.5, 0.6) is 5.75 Å². The standard InChI is InChI=1S/C19H16F2N6O2S/c1-9-5-13(17(20)21)24-19(12(9)7-22)30-8-11-6-10(3-4-14(11)29-2)15-16(18(23)28)26-27-25-15/h3-6,17H,8H2,1-2H3,(H2,23,28)(H,25,26,27). The summed E-state index contributed by atoms with van der Waals surface area (Å²) in [5.41, 5.74) is 7.13. The van der Waals surface area contributed by atoms with E-state index < -0.39 is 12.3 Å². The van der Waals surface area contributed by atoms with E-state index in [0.29, 0.717) is 22.4 Å². The number of hydrogen-bond donors (Lipinski definition) is 2. The van der Waals surface area contributed by atoms with Crippen molar-refractivity contribution < 1.29 is 18.3 Å². The van der Waals surface area contributed by atoms with Crippen molar-refractivity contribution in [2.24, 2.45) is 5.73 Å². The Morgan fingerprint density at radius 2 is 2.13 bits per heavy atom. The molecule has 30 heavy (non-hydrogen) atoms. The number of nitriles is 1. The van der Waals surface area contributed by atoms with Gasteiger partial charge < -0.3 is 10.5 Å². The van der Waals surface area contributed by atoms with E-state index in [1.54, 1.807) is 25.1 Å². The monoisotopic (exact) mass is 430 g/mol. The Bertz CT molecular complexity index is 1140. The van der Waals surface area contributed by atoms with E-state index in [-0.39, 0.29) is 33.4 Å². The van der Waals surface area contributed by atoms with Crippen LogP contribution >= 0.6 is 11.8 Å². The van der Waals surface area contributed by atoms with Crippen LogP contribution in [0.3, 0.4) is 0 Å². The van der Waals surface area contributed by atoms with Gasteiger partial charge in [-0.15, -0.1) is 11.8 Å². The number of halogens is 2. The van der Waals surface area contributed by atoms with Gasteiger partial charge in [0.2, 0.25) is 0 Å². The molecule has 2 heterocycles. The molecule has 3 aromatic rings. The first-order valence-electron chi connectivity index (χ1n) is 8.56. The van der Waals surface area contributed by atoms with E-state index in [0.717, 1.165) is 11.8 Å². The number of thioether (sulfide) groups is 1. The van der Waals surface area contributed by atoms with Crippen molar-refractivity contribution >= 4 is 17.7 Å². The summed E-state index contributed by atoms with van der Waals surface area (Å²) in [6.45, 7) is 1.59. The van der Waals surface area contributed by atoms with E-state index in [2.05, 4.69) is 20.4 Å². The number of alkyl halides is 2. The molecule has 0 aliphatic heterocycles. The second kappa shape index (κ2) is 8.87. The van der Waals surface area contributed by atoms with Crippen molar-refractivity contribution in [1.29, 1.82) is 5.26 Å². The fourth-order valence-electron chi connectivity index (χ4n) is 2.81. The van der Waals surface area contributed by atoms with Gasteiger partial charge in [0, 0.05) is 16.9 Å². The maximum absolute atomic E-state index is 13.1. The molecule has 3 rings (SSSR count). The highest BCUT2D eigenvalue weighted by Gasteiger charge is 2.19. The normalized spacial score (nSPS) is 10.8. The van der Waals surface area contributed by atoms with Crippen LogP contribution in [0.15, 0.2) is 29.3 Å². The van der Waals surface area contributed by atoms with Crippen LogP contribution in [-0.2, 0) is 5.75 Å². The molecule has 0 aliphatic rings. The minimum Gasteiger partial charge on any atom is -0.496 e. The number of benzene rings is 1. The van der Waals surface area contributed by atoms with Gasteiger partial charge in [-0.25, -0.2) is 13.8 Å². The summed E-state index contributed by atoms with van der Waals surface area (Å²) in [4.78, 5) is 15.5. The summed E-state index contributed by atoms with van der Waals surface area (Å²) >= 11 is 1.13. The van der Waals surface area contributed by atoms with Crippen LogP contribution in [0.2, 0.25) is 0 Å². The van der Waals surface area contributed by atoms with Crippen molar-refractivity contribution in [1.82, 2.24) is 20.4 Å². The van der Waals surface area contributed by atoms with Gasteiger partial charge in [0.15, 0.2) is 5.69 Å². The molecule has 0 spiro atoms. The van der Waals surface area contributed by atoms with Crippen LogP contribution in [0.25, 0.3) is 11.3 Å². The number of primary amides is 1. The fraction of sp³-hybridized carbons (Fsp3) is 0.211. The quantitative estimate of drug-likeness (QED) is 0.549. The van der Waals surface area contributed by atoms with Crippen molar-refractivity contribution in [3.8, 4) is 23.1 Å². The molecule has 2 aromatic heterocycles. The predicted octanol–water partition coefficient (Wildman–Crippen LogP) is 3.38. The number of nitrogens with zero attached hydrogens (tertiary/aromatic N) is 4. The van der Waals surface area contributed by atoms with Crippen molar-refractivity contribution in [3.05, 3.63) is 52.3 Å². The van der Waals surface area contributed by atoms with Gasteiger partial charge in [0.1, 0.15) is 28.2 Å². The molecular weight excluding hydrogens is 414 g/mol. The Hall–Kier alpha value is -3.52. The number of hydrogen-bond acceptors (Lipinski definition) is 7. The average molecular weight is 430 g/mol. The van der Waals surface area contributed by atoms with Gasteiger partial charge in [-0.3, -0.25) is 4.79 Å². The number of amides is 1. The van der Waals surface area contributed by atoms with Gasteiger partial charge >= 0.3 is 0 Å². The zero-order chi connectivity index (χ0) is 21.8. The zero-order valence-corrected chi connectivity index (χ0v) is 16.8. The number of carbonyl (C=O) groups is 1. The molecule has 8 nitrogen and oxygen atoms in total. The Morgan fingerprint density at radius 1 is 1.37 bits per heavy atom. The Labute approximate surface area is 174 Å². The first-order valence-corrected chi connectivity index (χ1v) is 9.54. The molecule has 0 aliphatic carbocycles. The Morgan fingerprint density at radius 3 is 2.77 bits per heavy atom. The van der Waals surface area contributed by atoms with E-state index in [1.165, 1.54) is 13.2 Å². The number of aromatic nitrogens is 4. The lowest BCUT2D eigenvalue weighted by Crippen LogP contribution is -2.12. The summed E-state index contributed by atoms with van der Waals surface area (Å²) in [6, 6.07) is 8.33. The molecule has 0 fully saturated rings. The van der Waals surface area contributed by atoms with Crippen molar-refractivity contribution in [3.63, 3.8) is 0 Å². The number of nitrogens with one attached hydrogen (secondary N) is 1. The lowest BCUT2D eigenvalue weighted by atomic mass is 10.1. The van der Waals surface area contributed by atoms with Crippen LogP contribution in [0.1, 0.15) is 39.3 Å². The van der Waals surface area contributed by atoms with Gasteiger partial charge in [0.05, 0.1) is 12.7 Å². The summed E-state index contributed by atoms with van der Waals surface area (Å²) in [7, 11) is 1.49. The molecule has 3 N–H and O–H groups in total. The number of pyridine rings is 1.